The van der Waals surface area contributed by atoms with E-state index < -0.39 is 0 Å². The van der Waals surface area contributed by atoms with Crippen LogP contribution in [0.25, 0.3) is 0 Å². The largest absolute Gasteiger partial charge is 0.383 e. The zero-order chi connectivity index (χ0) is 11.2. The van der Waals surface area contributed by atoms with Crippen LogP contribution < -0.4 is 5.73 Å². The molecule has 0 saturated heterocycles. The van der Waals surface area contributed by atoms with Crippen molar-refractivity contribution in [3.05, 3.63) is 0 Å². The van der Waals surface area contributed by atoms with Crippen molar-refractivity contribution in [2.75, 3.05) is 33.4 Å². The quantitative estimate of drug-likeness (QED) is 0.677. The number of nitrogens with two attached hydrogens (primary N) is 1. The Balaban J connectivity index is 4.79. The van der Waals surface area contributed by atoms with Crippen molar-refractivity contribution in [2.24, 2.45) is 11.7 Å². The van der Waals surface area contributed by atoms with Crippen LogP contribution in [0.1, 0.15) is 27.7 Å². The summed E-state index contributed by atoms with van der Waals surface area (Å²) in [4.78, 5) is 2.40. The highest BCUT2D eigenvalue weighted by molar-refractivity contribution is 4.93. The Kier molecular flexibility index (Phi) is 6.33. The molecule has 0 bridgehead atoms. The first-order valence-corrected chi connectivity index (χ1v) is 5.53. The van der Waals surface area contributed by atoms with Crippen molar-refractivity contribution in [1.29, 1.82) is 0 Å². The van der Waals surface area contributed by atoms with Crippen LogP contribution in [0.4, 0.5) is 0 Å². The molecule has 0 aromatic rings. The molecule has 0 aliphatic heterocycles. The zero-order valence-corrected chi connectivity index (χ0v) is 10.3. The number of hydrogen-bond donors (Lipinski definition) is 1. The molecule has 0 heterocycles. The van der Waals surface area contributed by atoms with Gasteiger partial charge in [0.1, 0.15) is 0 Å². The van der Waals surface area contributed by atoms with E-state index in [4.69, 9.17) is 10.5 Å². The van der Waals surface area contributed by atoms with Crippen LogP contribution in [0.2, 0.25) is 0 Å². The molecule has 0 aromatic carbocycles. The van der Waals surface area contributed by atoms with Gasteiger partial charge in [0.15, 0.2) is 0 Å². The van der Waals surface area contributed by atoms with E-state index in [2.05, 4.69) is 32.6 Å². The average molecular weight is 202 g/mol. The molecule has 1 atom stereocenters. The minimum absolute atomic E-state index is 0.00174. The predicted molar refractivity (Wildman–Crippen MR) is 61.4 cm³/mol. The second kappa shape index (κ2) is 6.38. The summed E-state index contributed by atoms with van der Waals surface area (Å²) >= 11 is 0. The fourth-order valence-electron chi connectivity index (χ4n) is 2.15. The van der Waals surface area contributed by atoms with Gasteiger partial charge >= 0.3 is 0 Å². The smallest absolute Gasteiger partial charge is 0.0661 e. The van der Waals surface area contributed by atoms with Crippen LogP contribution in [-0.4, -0.2) is 43.8 Å². The molecule has 86 valence electrons. The molecular weight excluding hydrogens is 176 g/mol. The zero-order valence-electron chi connectivity index (χ0n) is 10.3. The normalized spacial score (nSPS) is 16.3. The van der Waals surface area contributed by atoms with Gasteiger partial charge in [0, 0.05) is 13.7 Å². The van der Waals surface area contributed by atoms with Gasteiger partial charge in [0.2, 0.25) is 0 Å². The third-order valence-electron chi connectivity index (χ3n) is 3.22. The van der Waals surface area contributed by atoms with Gasteiger partial charge in [-0.3, -0.25) is 4.90 Å². The van der Waals surface area contributed by atoms with Gasteiger partial charge in [-0.1, -0.05) is 27.7 Å². The summed E-state index contributed by atoms with van der Waals surface area (Å²) < 4.78 is 5.32. The lowest BCUT2D eigenvalue weighted by Gasteiger charge is -2.45. The second-order valence-corrected chi connectivity index (χ2v) is 4.07. The van der Waals surface area contributed by atoms with Crippen LogP contribution in [-0.2, 0) is 4.74 Å². The molecule has 1 unspecified atom stereocenters. The van der Waals surface area contributed by atoms with Crippen LogP contribution in [0.3, 0.4) is 0 Å². The fraction of sp³-hybridized carbons (Fsp3) is 1.00. The number of ether oxygens (including phenoxy) is 1. The molecule has 2 N–H and O–H groups in total. The molecule has 14 heavy (non-hydrogen) atoms. The molecule has 0 spiro atoms. The highest BCUT2D eigenvalue weighted by atomic mass is 16.5. The molecule has 0 amide bonds. The number of hydrogen-bond acceptors (Lipinski definition) is 3. The predicted octanol–water partition coefficient (Wildman–Crippen LogP) is 1.33. The first kappa shape index (κ1) is 13.9. The fourth-order valence-corrected chi connectivity index (χ4v) is 2.15. The van der Waals surface area contributed by atoms with Crippen LogP contribution in [0, 0.1) is 5.92 Å². The van der Waals surface area contributed by atoms with Gasteiger partial charge in [-0.2, -0.15) is 0 Å². The van der Waals surface area contributed by atoms with E-state index in [-0.39, 0.29) is 5.54 Å². The van der Waals surface area contributed by atoms with E-state index in [1.165, 1.54) is 0 Å². The molecule has 0 aliphatic carbocycles. The van der Waals surface area contributed by atoms with Gasteiger partial charge in [-0.15, -0.1) is 0 Å². The monoisotopic (exact) mass is 202 g/mol. The van der Waals surface area contributed by atoms with Gasteiger partial charge in [0.05, 0.1) is 12.1 Å². The van der Waals surface area contributed by atoms with Crippen molar-refractivity contribution in [3.63, 3.8) is 0 Å². The molecule has 0 rings (SSSR count). The minimum Gasteiger partial charge on any atom is -0.383 e. The van der Waals surface area contributed by atoms with Crippen LogP contribution in [0.5, 0.6) is 0 Å². The van der Waals surface area contributed by atoms with E-state index in [0.717, 1.165) is 13.1 Å². The van der Waals surface area contributed by atoms with E-state index in [9.17, 15) is 0 Å². The average Bonchev–Trinajstić information content (AvgIpc) is 2.17. The first-order chi connectivity index (χ1) is 6.58. The maximum Gasteiger partial charge on any atom is 0.0661 e. The maximum absolute atomic E-state index is 5.93. The Morgan fingerprint density at radius 2 is 1.79 bits per heavy atom. The Morgan fingerprint density at radius 1 is 1.29 bits per heavy atom. The molecule has 3 heteroatoms. The van der Waals surface area contributed by atoms with Crippen molar-refractivity contribution < 1.29 is 4.74 Å². The Labute approximate surface area is 88.6 Å². The summed E-state index contributed by atoms with van der Waals surface area (Å²) in [6, 6.07) is 0. The first-order valence-electron chi connectivity index (χ1n) is 5.53. The number of nitrogens with zero attached hydrogens (tertiary/aromatic N) is 1. The standard InChI is InChI=1S/C11H26N2O/c1-6-13(7-2)11(8-12,9-14-5)10(3)4/h10H,6-9,12H2,1-5H3. The van der Waals surface area contributed by atoms with E-state index >= 15 is 0 Å². The second-order valence-electron chi connectivity index (χ2n) is 4.07. The molecule has 0 fully saturated rings. The van der Waals surface area contributed by atoms with Gasteiger partial charge in [-0.25, -0.2) is 0 Å². The third kappa shape index (κ3) is 2.69. The van der Waals surface area contributed by atoms with E-state index in [1.54, 1.807) is 7.11 Å². The Morgan fingerprint density at radius 3 is 2.00 bits per heavy atom. The topological polar surface area (TPSA) is 38.5 Å². The lowest BCUT2D eigenvalue weighted by atomic mass is 9.85. The van der Waals surface area contributed by atoms with E-state index in [0.29, 0.717) is 19.1 Å². The molecule has 0 aromatic heterocycles. The number of methoxy groups -OCH3 is 1. The summed E-state index contributed by atoms with van der Waals surface area (Å²) in [5.41, 5.74) is 5.92. The molecule has 0 radical (unpaired) electrons. The lowest BCUT2D eigenvalue weighted by Crippen LogP contribution is -2.60. The molecule has 0 saturated carbocycles. The molecular formula is C11H26N2O. The number of rotatable bonds is 7. The summed E-state index contributed by atoms with van der Waals surface area (Å²) in [7, 11) is 1.75. The van der Waals surface area contributed by atoms with Crippen LogP contribution >= 0.6 is 0 Å². The maximum atomic E-state index is 5.93. The minimum atomic E-state index is -0.00174. The van der Waals surface area contributed by atoms with Crippen molar-refractivity contribution in [3.8, 4) is 0 Å². The Hall–Kier alpha value is -0.120. The summed E-state index contributed by atoms with van der Waals surface area (Å²) in [6.45, 7) is 12.2. The third-order valence-corrected chi connectivity index (χ3v) is 3.22. The van der Waals surface area contributed by atoms with Gasteiger partial charge in [-0.05, 0) is 19.0 Å². The van der Waals surface area contributed by atoms with Crippen molar-refractivity contribution >= 4 is 0 Å². The SMILES string of the molecule is CCN(CC)C(CN)(COC)C(C)C. The van der Waals surface area contributed by atoms with E-state index in [1.807, 2.05) is 0 Å². The highest BCUT2D eigenvalue weighted by Crippen LogP contribution is 2.24. The summed E-state index contributed by atoms with van der Waals surface area (Å²) in [6.07, 6.45) is 0. The summed E-state index contributed by atoms with van der Waals surface area (Å²) in [5.74, 6) is 0.507. The molecule has 3 nitrogen and oxygen atoms in total. The summed E-state index contributed by atoms with van der Waals surface area (Å²) in [5, 5.41) is 0. The number of likely N-dealkylation sites (N-methyl/N-ethyl adjacent to an activating group) is 1. The van der Waals surface area contributed by atoms with Crippen LogP contribution in [0.15, 0.2) is 0 Å². The van der Waals surface area contributed by atoms with Gasteiger partial charge < -0.3 is 10.5 Å². The molecule has 0 aliphatic rings. The van der Waals surface area contributed by atoms with Crippen molar-refractivity contribution in [1.82, 2.24) is 4.90 Å². The Bertz CT molecular complexity index is 146. The van der Waals surface area contributed by atoms with Gasteiger partial charge in [0.25, 0.3) is 0 Å². The van der Waals surface area contributed by atoms with Crippen molar-refractivity contribution in [2.45, 2.75) is 33.2 Å². The lowest BCUT2D eigenvalue weighted by molar-refractivity contribution is -0.0105. The highest BCUT2D eigenvalue weighted by Gasteiger charge is 2.37.